The highest BCUT2D eigenvalue weighted by molar-refractivity contribution is 7.18. The van der Waals surface area contributed by atoms with Gasteiger partial charge in [0.25, 0.3) is 0 Å². The summed E-state index contributed by atoms with van der Waals surface area (Å²) in [5.74, 6) is 0.980. The van der Waals surface area contributed by atoms with E-state index in [-0.39, 0.29) is 35.7 Å². The summed E-state index contributed by atoms with van der Waals surface area (Å²) in [7, 11) is 2.58. The number of hydrogen-bond donors (Lipinski definition) is 4. The molecular formula is C42H50N8O6S. The summed E-state index contributed by atoms with van der Waals surface area (Å²) in [4.78, 5) is 73.3. The van der Waals surface area contributed by atoms with Crippen LogP contribution in [0.4, 0.5) is 9.59 Å². The van der Waals surface area contributed by atoms with Crippen LogP contribution in [-0.4, -0.2) is 93.1 Å². The minimum Gasteiger partial charge on any atom is -0.453 e. The predicted octanol–water partition coefficient (Wildman–Crippen LogP) is 7.44. The van der Waals surface area contributed by atoms with Crippen molar-refractivity contribution < 1.29 is 28.7 Å². The first-order valence-corrected chi connectivity index (χ1v) is 20.3. The lowest BCUT2D eigenvalue weighted by molar-refractivity contribution is -0.136. The Hall–Kier alpha value is -5.70. The first-order chi connectivity index (χ1) is 27.4. The van der Waals surface area contributed by atoms with Gasteiger partial charge in [0.1, 0.15) is 23.7 Å². The number of methoxy groups -OCH3 is 2. The van der Waals surface area contributed by atoms with Crippen molar-refractivity contribution in [1.82, 2.24) is 40.4 Å². The Labute approximate surface area is 335 Å². The van der Waals surface area contributed by atoms with Gasteiger partial charge >= 0.3 is 12.2 Å². The van der Waals surface area contributed by atoms with Crippen LogP contribution in [-0.2, 0) is 19.1 Å². The number of hydrogen-bond acceptors (Lipinski definition) is 9. The molecule has 4 atom stereocenters. The number of H-pyrrole nitrogens is 2. The van der Waals surface area contributed by atoms with E-state index in [1.54, 1.807) is 11.3 Å². The monoisotopic (exact) mass is 794 g/mol. The summed E-state index contributed by atoms with van der Waals surface area (Å²) in [6.07, 6.45) is 5.67. The second-order valence-electron chi connectivity index (χ2n) is 15.4. The first-order valence-electron chi connectivity index (χ1n) is 19.5. The fraction of sp³-hybridized carbons (Fsp3) is 0.429. The van der Waals surface area contributed by atoms with Gasteiger partial charge in [-0.05, 0) is 78.1 Å². The number of likely N-dealkylation sites (tertiary alicyclic amines) is 2. The Morgan fingerprint density at radius 3 is 1.68 bits per heavy atom. The third-order valence-corrected chi connectivity index (χ3v) is 12.2. The molecule has 2 aliphatic heterocycles. The number of fused-ring (bicyclic) bond motifs is 1. The molecule has 300 valence electrons. The van der Waals surface area contributed by atoms with Gasteiger partial charge in [-0.25, -0.2) is 19.6 Å². The van der Waals surface area contributed by atoms with E-state index in [1.165, 1.54) is 14.2 Å². The van der Waals surface area contributed by atoms with Gasteiger partial charge in [0.05, 0.1) is 55.0 Å². The van der Waals surface area contributed by atoms with Gasteiger partial charge in [0.2, 0.25) is 11.8 Å². The van der Waals surface area contributed by atoms with Crippen molar-refractivity contribution in [3.8, 4) is 32.3 Å². The zero-order valence-corrected chi connectivity index (χ0v) is 33.9. The van der Waals surface area contributed by atoms with Gasteiger partial charge in [-0.15, -0.1) is 11.3 Å². The summed E-state index contributed by atoms with van der Waals surface area (Å²) in [5, 5.41) is 7.60. The number of carbonyl (C=O) groups is 4. The van der Waals surface area contributed by atoms with Crippen molar-refractivity contribution in [1.29, 1.82) is 0 Å². The molecule has 57 heavy (non-hydrogen) atoms. The third-order valence-electron chi connectivity index (χ3n) is 11.0. The fourth-order valence-corrected chi connectivity index (χ4v) is 8.84. The number of amides is 4. The number of rotatable bonds is 11. The first kappa shape index (κ1) is 39.5. The molecule has 5 aromatic rings. The van der Waals surface area contributed by atoms with Gasteiger partial charge in [0, 0.05) is 23.5 Å². The number of carbonyl (C=O) groups excluding carboxylic acids is 4. The van der Waals surface area contributed by atoms with Crippen LogP contribution in [0.5, 0.6) is 0 Å². The Bertz CT molecular complexity index is 2260. The molecule has 0 saturated carbocycles. The zero-order chi connectivity index (χ0) is 40.4. The van der Waals surface area contributed by atoms with Gasteiger partial charge in [-0.1, -0.05) is 52.0 Å². The molecule has 2 saturated heterocycles. The van der Waals surface area contributed by atoms with Crippen LogP contribution in [0.15, 0.2) is 60.9 Å². The van der Waals surface area contributed by atoms with E-state index < -0.39 is 24.3 Å². The Balaban J connectivity index is 1.04. The minimum atomic E-state index is -0.688. The van der Waals surface area contributed by atoms with Crippen LogP contribution in [0.2, 0.25) is 0 Å². The number of benzene rings is 2. The average molecular weight is 795 g/mol. The highest BCUT2D eigenvalue weighted by Gasteiger charge is 2.39. The molecule has 4 N–H and O–H groups in total. The van der Waals surface area contributed by atoms with E-state index in [2.05, 4.69) is 69.1 Å². The Morgan fingerprint density at radius 1 is 0.684 bits per heavy atom. The SMILES string of the molecule is COC(=O)N[C@H](C(=O)N1CCCC1c1ncc(-c2ccc3cc(-c4ccc(-c5cnc(C6CCCN6C(=O)[C@@H](NC(=O)OC)C(C)C)[nH]5)s4)ccc3c2)[nH]1)C(C)C. The van der Waals surface area contributed by atoms with E-state index in [4.69, 9.17) is 19.4 Å². The Kier molecular flexibility index (Phi) is 11.7. The van der Waals surface area contributed by atoms with Crippen LogP contribution in [0, 0.1) is 11.8 Å². The van der Waals surface area contributed by atoms with Gasteiger partial charge in [-0.3, -0.25) is 9.59 Å². The second-order valence-corrected chi connectivity index (χ2v) is 16.5. The zero-order valence-electron chi connectivity index (χ0n) is 33.1. The average Bonchev–Trinajstić information content (AvgIpc) is 4.06. The van der Waals surface area contributed by atoms with Crippen LogP contribution in [0.3, 0.4) is 0 Å². The van der Waals surface area contributed by atoms with Crippen LogP contribution in [0.1, 0.15) is 77.1 Å². The fourth-order valence-electron chi connectivity index (χ4n) is 7.87. The van der Waals surface area contributed by atoms with E-state index in [1.807, 2.05) is 49.9 Å². The van der Waals surface area contributed by atoms with E-state index >= 15 is 0 Å². The van der Waals surface area contributed by atoms with Crippen LogP contribution in [0.25, 0.3) is 43.0 Å². The van der Waals surface area contributed by atoms with Gasteiger partial charge in [-0.2, -0.15) is 0 Å². The number of thiophene rings is 1. The molecule has 0 bridgehead atoms. The van der Waals surface area contributed by atoms with Gasteiger partial charge < -0.3 is 39.9 Å². The van der Waals surface area contributed by atoms with Crippen molar-refractivity contribution in [3.05, 3.63) is 72.6 Å². The van der Waals surface area contributed by atoms with Crippen LogP contribution >= 0.6 is 11.3 Å². The molecule has 3 aromatic heterocycles. The van der Waals surface area contributed by atoms with Crippen molar-refractivity contribution >= 4 is 46.1 Å². The standard InChI is InChI=1S/C42H50N8O6S/c1-23(2)35(47-41(53)55-5)39(51)49-17-7-9-31(49)37-43-21-29(45-37)27-13-11-26-20-28(14-12-25(26)19-27)33-15-16-34(57-33)30-22-44-38(46-30)32-10-8-18-50(32)40(52)36(24(3)4)48-42(54)56-6/h11-16,19-24,31-32,35-36H,7-10,17-18H2,1-6H3,(H,43,45)(H,44,46)(H,47,53)(H,48,54)/t31?,32?,35-,36-/m0/s1. The summed E-state index contributed by atoms with van der Waals surface area (Å²) >= 11 is 1.67. The van der Waals surface area contributed by atoms with Crippen LogP contribution < -0.4 is 10.6 Å². The molecular weight excluding hydrogens is 745 g/mol. The minimum absolute atomic E-state index is 0.104. The molecule has 15 heteroatoms. The normalized spacial score (nSPS) is 18.0. The molecule has 2 unspecified atom stereocenters. The number of nitrogens with zero attached hydrogens (tertiary/aromatic N) is 4. The largest absolute Gasteiger partial charge is 0.453 e. The molecule has 5 heterocycles. The molecule has 0 aliphatic carbocycles. The van der Waals surface area contributed by atoms with Crippen molar-refractivity contribution in [2.75, 3.05) is 27.3 Å². The molecule has 2 aliphatic rings. The third kappa shape index (κ3) is 8.24. The lowest BCUT2D eigenvalue weighted by atomic mass is 10.0. The number of aromatic nitrogens is 4. The highest BCUT2D eigenvalue weighted by atomic mass is 32.1. The summed E-state index contributed by atoms with van der Waals surface area (Å²) in [5.41, 5.74) is 3.86. The molecule has 0 spiro atoms. The lowest BCUT2D eigenvalue weighted by Crippen LogP contribution is -2.51. The summed E-state index contributed by atoms with van der Waals surface area (Å²) < 4.78 is 9.53. The van der Waals surface area contributed by atoms with E-state index in [0.717, 1.165) is 80.4 Å². The molecule has 0 radical (unpaired) electrons. The predicted molar refractivity (Wildman–Crippen MR) is 218 cm³/mol. The number of nitrogens with one attached hydrogen (secondary N) is 4. The van der Waals surface area contributed by atoms with Crippen molar-refractivity contribution in [2.45, 2.75) is 77.5 Å². The number of ether oxygens (including phenoxy) is 2. The molecule has 2 fully saturated rings. The molecule has 2 aromatic carbocycles. The number of alkyl carbamates (subject to hydrolysis) is 2. The molecule has 14 nitrogen and oxygen atoms in total. The second kappa shape index (κ2) is 16.8. The molecule has 4 amide bonds. The van der Waals surface area contributed by atoms with E-state index in [0.29, 0.717) is 13.1 Å². The summed E-state index contributed by atoms with van der Waals surface area (Å²) in [6.45, 7) is 8.81. The lowest BCUT2D eigenvalue weighted by Gasteiger charge is -2.30. The Morgan fingerprint density at radius 2 is 1.16 bits per heavy atom. The number of imidazole rings is 2. The van der Waals surface area contributed by atoms with Crippen molar-refractivity contribution in [3.63, 3.8) is 0 Å². The maximum Gasteiger partial charge on any atom is 0.407 e. The topological polar surface area (TPSA) is 175 Å². The maximum atomic E-state index is 13.6. The van der Waals surface area contributed by atoms with Crippen molar-refractivity contribution in [2.24, 2.45) is 11.8 Å². The summed E-state index contributed by atoms with van der Waals surface area (Å²) in [6, 6.07) is 15.2. The number of aromatic amines is 2. The quantitative estimate of drug-likeness (QED) is 0.107. The smallest absolute Gasteiger partial charge is 0.407 e. The van der Waals surface area contributed by atoms with Gasteiger partial charge in [0.15, 0.2) is 0 Å². The molecule has 7 rings (SSSR count). The highest BCUT2D eigenvalue weighted by Crippen LogP contribution is 2.38. The van der Waals surface area contributed by atoms with E-state index in [9.17, 15) is 19.2 Å². The maximum absolute atomic E-state index is 13.6.